The van der Waals surface area contributed by atoms with Crippen LogP contribution in [0.15, 0.2) is 18.2 Å². The Balaban J connectivity index is 2.06. The summed E-state index contributed by atoms with van der Waals surface area (Å²) in [6.45, 7) is 0.773. The molecule has 0 bridgehead atoms. The number of rotatable bonds is 4. The summed E-state index contributed by atoms with van der Waals surface area (Å²) in [6, 6.07) is 3.81. The van der Waals surface area contributed by atoms with E-state index < -0.39 is 11.6 Å². The van der Waals surface area contributed by atoms with Crippen LogP contribution in [0.5, 0.6) is 0 Å². The standard InChI is InChI=1S/C13H17F2NO/c1-16-12(13-3-2-6-17-13)7-9-4-5-10(14)8-11(9)15/h4-5,8,12-13,16H,2-3,6-7H2,1H3. The highest BCUT2D eigenvalue weighted by atomic mass is 19.1. The first-order valence-electron chi connectivity index (χ1n) is 5.93. The summed E-state index contributed by atoms with van der Waals surface area (Å²) in [5.41, 5.74) is 0.529. The molecule has 2 unspecified atom stereocenters. The van der Waals surface area contributed by atoms with Gasteiger partial charge in [-0.05, 0) is 37.9 Å². The summed E-state index contributed by atoms with van der Waals surface area (Å²) in [5.74, 6) is -1.02. The maximum atomic E-state index is 13.5. The maximum Gasteiger partial charge on any atom is 0.129 e. The summed E-state index contributed by atoms with van der Waals surface area (Å²) in [5, 5.41) is 3.15. The monoisotopic (exact) mass is 241 g/mol. The largest absolute Gasteiger partial charge is 0.377 e. The summed E-state index contributed by atoms with van der Waals surface area (Å²) >= 11 is 0. The topological polar surface area (TPSA) is 21.3 Å². The van der Waals surface area contributed by atoms with Crippen molar-refractivity contribution >= 4 is 0 Å². The van der Waals surface area contributed by atoms with Crippen molar-refractivity contribution in [1.29, 1.82) is 0 Å². The Bertz CT molecular complexity index is 378. The average molecular weight is 241 g/mol. The smallest absolute Gasteiger partial charge is 0.129 e. The molecule has 2 nitrogen and oxygen atoms in total. The zero-order valence-corrected chi connectivity index (χ0v) is 9.88. The Morgan fingerprint density at radius 2 is 2.29 bits per heavy atom. The van der Waals surface area contributed by atoms with Gasteiger partial charge in [0.2, 0.25) is 0 Å². The molecular formula is C13H17F2NO. The SMILES string of the molecule is CNC(Cc1ccc(F)cc1F)C1CCCO1. The molecule has 0 saturated carbocycles. The highest BCUT2D eigenvalue weighted by molar-refractivity contribution is 5.20. The summed E-state index contributed by atoms with van der Waals surface area (Å²) in [7, 11) is 1.84. The Morgan fingerprint density at radius 3 is 2.88 bits per heavy atom. The van der Waals surface area contributed by atoms with Gasteiger partial charge in [-0.15, -0.1) is 0 Å². The van der Waals surface area contributed by atoms with Crippen LogP contribution in [0.1, 0.15) is 18.4 Å². The van der Waals surface area contributed by atoms with Gasteiger partial charge in [-0.1, -0.05) is 6.07 Å². The molecule has 1 aromatic rings. The highest BCUT2D eigenvalue weighted by Crippen LogP contribution is 2.20. The van der Waals surface area contributed by atoms with Crippen LogP contribution in [-0.4, -0.2) is 25.8 Å². The van der Waals surface area contributed by atoms with Crippen molar-refractivity contribution in [1.82, 2.24) is 5.32 Å². The Morgan fingerprint density at radius 1 is 1.47 bits per heavy atom. The molecule has 94 valence electrons. The Kier molecular flexibility index (Phi) is 4.07. The number of hydrogen-bond acceptors (Lipinski definition) is 2. The zero-order valence-electron chi connectivity index (χ0n) is 9.88. The number of benzene rings is 1. The lowest BCUT2D eigenvalue weighted by atomic mass is 9.99. The molecule has 0 aromatic heterocycles. The van der Waals surface area contributed by atoms with Crippen molar-refractivity contribution in [2.75, 3.05) is 13.7 Å². The minimum atomic E-state index is -0.538. The van der Waals surface area contributed by atoms with Gasteiger partial charge >= 0.3 is 0 Å². The molecule has 2 rings (SSSR count). The average Bonchev–Trinajstić information content (AvgIpc) is 2.81. The molecule has 0 amide bonds. The van der Waals surface area contributed by atoms with Gasteiger partial charge in [0, 0.05) is 18.7 Å². The third kappa shape index (κ3) is 3.01. The molecule has 1 saturated heterocycles. The van der Waals surface area contributed by atoms with Gasteiger partial charge in [-0.2, -0.15) is 0 Å². The second kappa shape index (κ2) is 5.56. The first-order chi connectivity index (χ1) is 8.20. The Labute approximate surface area is 100.0 Å². The van der Waals surface area contributed by atoms with Crippen molar-refractivity contribution < 1.29 is 13.5 Å². The fourth-order valence-electron chi connectivity index (χ4n) is 2.26. The predicted molar refractivity (Wildman–Crippen MR) is 61.9 cm³/mol. The molecule has 17 heavy (non-hydrogen) atoms. The molecule has 1 aliphatic rings. The van der Waals surface area contributed by atoms with Crippen molar-refractivity contribution in [3.63, 3.8) is 0 Å². The van der Waals surface area contributed by atoms with Crippen LogP contribution in [0.25, 0.3) is 0 Å². The van der Waals surface area contributed by atoms with Crippen LogP contribution < -0.4 is 5.32 Å². The number of ether oxygens (including phenoxy) is 1. The van der Waals surface area contributed by atoms with E-state index in [0.29, 0.717) is 12.0 Å². The predicted octanol–water partition coefficient (Wildman–Crippen LogP) is 2.27. The van der Waals surface area contributed by atoms with E-state index in [0.717, 1.165) is 25.5 Å². The fraction of sp³-hybridized carbons (Fsp3) is 0.538. The quantitative estimate of drug-likeness (QED) is 0.873. The van der Waals surface area contributed by atoms with Gasteiger partial charge in [-0.3, -0.25) is 0 Å². The molecule has 1 fully saturated rings. The normalized spacial score (nSPS) is 21.7. The van der Waals surface area contributed by atoms with Crippen molar-refractivity contribution in [3.8, 4) is 0 Å². The highest BCUT2D eigenvalue weighted by Gasteiger charge is 2.25. The van der Waals surface area contributed by atoms with Crippen LogP contribution in [0, 0.1) is 11.6 Å². The first kappa shape index (κ1) is 12.5. The summed E-state index contributed by atoms with van der Waals surface area (Å²) < 4.78 is 31.9. The van der Waals surface area contributed by atoms with E-state index in [2.05, 4.69) is 5.32 Å². The van der Waals surface area contributed by atoms with Gasteiger partial charge in [0.15, 0.2) is 0 Å². The second-order valence-electron chi connectivity index (χ2n) is 4.39. The third-order valence-corrected chi connectivity index (χ3v) is 3.24. The van der Waals surface area contributed by atoms with Crippen LogP contribution >= 0.6 is 0 Å². The van der Waals surface area contributed by atoms with Gasteiger partial charge in [0.05, 0.1) is 6.10 Å². The Hall–Kier alpha value is -1.00. The van der Waals surface area contributed by atoms with Crippen molar-refractivity contribution in [2.45, 2.75) is 31.4 Å². The van der Waals surface area contributed by atoms with E-state index in [1.807, 2.05) is 7.05 Å². The van der Waals surface area contributed by atoms with Crippen LogP contribution in [-0.2, 0) is 11.2 Å². The molecular weight excluding hydrogens is 224 g/mol. The molecule has 1 heterocycles. The van der Waals surface area contributed by atoms with E-state index >= 15 is 0 Å². The number of likely N-dealkylation sites (N-methyl/N-ethyl adjacent to an activating group) is 1. The maximum absolute atomic E-state index is 13.5. The van der Waals surface area contributed by atoms with Crippen molar-refractivity contribution in [3.05, 3.63) is 35.4 Å². The van der Waals surface area contributed by atoms with E-state index in [4.69, 9.17) is 4.74 Å². The lowest BCUT2D eigenvalue weighted by molar-refractivity contribution is 0.0806. The third-order valence-electron chi connectivity index (χ3n) is 3.24. The van der Waals surface area contributed by atoms with Crippen LogP contribution in [0.3, 0.4) is 0 Å². The zero-order chi connectivity index (χ0) is 12.3. The first-order valence-corrected chi connectivity index (χ1v) is 5.93. The number of hydrogen-bond donors (Lipinski definition) is 1. The van der Waals surface area contributed by atoms with Gasteiger partial charge in [-0.25, -0.2) is 8.78 Å². The molecule has 0 aliphatic carbocycles. The molecule has 4 heteroatoms. The number of nitrogens with one attached hydrogen (secondary N) is 1. The molecule has 1 N–H and O–H groups in total. The van der Waals surface area contributed by atoms with Gasteiger partial charge < -0.3 is 10.1 Å². The van der Waals surface area contributed by atoms with E-state index in [1.54, 1.807) is 0 Å². The molecule has 1 aromatic carbocycles. The lowest BCUT2D eigenvalue weighted by Crippen LogP contribution is -2.39. The molecule has 0 spiro atoms. The molecule has 0 radical (unpaired) electrons. The van der Waals surface area contributed by atoms with Gasteiger partial charge in [0.25, 0.3) is 0 Å². The van der Waals surface area contributed by atoms with Crippen LogP contribution in [0.2, 0.25) is 0 Å². The van der Waals surface area contributed by atoms with E-state index in [1.165, 1.54) is 12.1 Å². The van der Waals surface area contributed by atoms with E-state index in [9.17, 15) is 8.78 Å². The molecule has 1 aliphatic heterocycles. The fourth-order valence-corrected chi connectivity index (χ4v) is 2.26. The van der Waals surface area contributed by atoms with Crippen molar-refractivity contribution in [2.24, 2.45) is 0 Å². The minimum Gasteiger partial charge on any atom is -0.377 e. The van der Waals surface area contributed by atoms with Gasteiger partial charge in [0.1, 0.15) is 11.6 Å². The molecule has 2 atom stereocenters. The lowest BCUT2D eigenvalue weighted by Gasteiger charge is -2.22. The van der Waals surface area contributed by atoms with Crippen LogP contribution in [0.4, 0.5) is 8.78 Å². The second-order valence-corrected chi connectivity index (χ2v) is 4.39. The summed E-state index contributed by atoms with van der Waals surface area (Å²) in [6.07, 6.45) is 2.69. The number of halogens is 2. The van der Waals surface area contributed by atoms with E-state index in [-0.39, 0.29) is 12.1 Å². The minimum absolute atomic E-state index is 0.0810. The summed E-state index contributed by atoms with van der Waals surface area (Å²) in [4.78, 5) is 0.